The van der Waals surface area contributed by atoms with Crippen molar-refractivity contribution in [3.8, 4) is 0 Å². The average molecular weight is 415 g/mol. The summed E-state index contributed by atoms with van der Waals surface area (Å²) in [5.74, 6) is -0.980. The molecule has 2 fully saturated rings. The average Bonchev–Trinajstić information content (AvgIpc) is 3.40. The van der Waals surface area contributed by atoms with E-state index in [1.807, 2.05) is 67.6 Å². The number of nitrogens with one attached hydrogen (secondary N) is 2. The molecule has 0 spiro atoms. The van der Waals surface area contributed by atoms with Crippen LogP contribution in [-0.4, -0.2) is 55.9 Å². The van der Waals surface area contributed by atoms with Crippen LogP contribution in [0.25, 0.3) is 0 Å². The number of methoxy groups -OCH3 is 1. The first-order chi connectivity index (χ1) is 14.5. The monoisotopic (exact) mass is 414 g/mol. The Morgan fingerprint density at radius 1 is 0.967 bits per heavy atom. The van der Waals surface area contributed by atoms with Crippen LogP contribution in [-0.2, 0) is 24.6 Å². The van der Waals surface area contributed by atoms with Gasteiger partial charge in [0, 0.05) is 20.2 Å². The molecule has 4 rings (SSSR count). The van der Waals surface area contributed by atoms with Gasteiger partial charge in [0.15, 0.2) is 11.7 Å². The lowest BCUT2D eigenvalue weighted by Gasteiger charge is -2.38. The van der Waals surface area contributed by atoms with E-state index in [9.17, 15) is 9.90 Å². The lowest BCUT2D eigenvalue weighted by molar-refractivity contribution is -0.158. The molecule has 0 radical (unpaired) electrons. The minimum Gasteiger partial charge on any atom is -0.479 e. The molecule has 30 heavy (non-hydrogen) atoms. The summed E-state index contributed by atoms with van der Waals surface area (Å²) in [6, 6.07) is 19.4. The molecule has 0 saturated carbocycles. The number of aliphatic carboxylic acids is 1. The van der Waals surface area contributed by atoms with Gasteiger partial charge in [-0.2, -0.15) is 0 Å². The van der Waals surface area contributed by atoms with Crippen molar-refractivity contribution in [2.24, 2.45) is 0 Å². The Kier molecular flexibility index (Phi) is 7.58. The van der Waals surface area contributed by atoms with Gasteiger partial charge in [0.2, 0.25) is 0 Å². The molecule has 2 aromatic carbocycles. The fourth-order valence-corrected chi connectivity index (χ4v) is 3.82. The Morgan fingerprint density at radius 3 is 1.87 bits per heavy atom. The first kappa shape index (κ1) is 22.4. The number of ether oxygens (including phenoxy) is 3. The third-order valence-electron chi connectivity index (χ3n) is 5.29. The predicted octanol–water partition coefficient (Wildman–Crippen LogP) is 2.32. The SMILES string of the molecule is COC(c1ccccc1)(c1ccccc1)[C@H]1NC[C@H](C(=O)O)O1.C[C@H]1CN[C@H](C)O1. The first-order valence-electron chi connectivity index (χ1n) is 10.1. The van der Waals surface area contributed by atoms with Gasteiger partial charge in [-0.15, -0.1) is 0 Å². The molecule has 3 N–H and O–H groups in total. The summed E-state index contributed by atoms with van der Waals surface area (Å²) >= 11 is 0. The van der Waals surface area contributed by atoms with E-state index in [1.165, 1.54) is 0 Å². The maximum atomic E-state index is 11.2. The number of rotatable bonds is 5. The Morgan fingerprint density at radius 2 is 1.53 bits per heavy atom. The van der Waals surface area contributed by atoms with Gasteiger partial charge in [-0.1, -0.05) is 60.7 Å². The molecule has 0 amide bonds. The van der Waals surface area contributed by atoms with Crippen molar-refractivity contribution in [1.82, 2.24) is 10.6 Å². The molecule has 7 heteroatoms. The molecule has 0 aromatic heterocycles. The van der Waals surface area contributed by atoms with Crippen molar-refractivity contribution >= 4 is 5.97 Å². The fourth-order valence-electron chi connectivity index (χ4n) is 3.82. The maximum Gasteiger partial charge on any atom is 0.334 e. The second-order valence-electron chi connectivity index (χ2n) is 7.42. The van der Waals surface area contributed by atoms with Crippen molar-refractivity contribution in [3.05, 3.63) is 71.8 Å². The molecule has 2 saturated heterocycles. The standard InChI is InChI=1S/C18H19NO4.C5H11NO/c1-22-18(13-8-4-2-5-9-13,14-10-6-3-7-11-14)17-19-12-15(23-17)16(20)21;1-4-3-6-5(2)7-4/h2-11,15,17,19H,12H2,1H3,(H,20,21);4-6H,3H2,1-2H3/t15-,17+;4-,5-/m10/s1. The largest absolute Gasteiger partial charge is 0.479 e. The smallest absolute Gasteiger partial charge is 0.334 e. The molecule has 0 bridgehead atoms. The van der Waals surface area contributed by atoms with Crippen molar-refractivity contribution in [3.63, 3.8) is 0 Å². The fraction of sp³-hybridized carbons (Fsp3) is 0.435. The van der Waals surface area contributed by atoms with E-state index in [2.05, 4.69) is 17.6 Å². The zero-order valence-corrected chi connectivity index (χ0v) is 17.6. The summed E-state index contributed by atoms with van der Waals surface area (Å²) in [4.78, 5) is 11.2. The highest BCUT2D eigenvalue weighted by Crippen LogP contribution is 2.38. The number of carboxylic acids is 1. The van der Waals surface area contributed by atoms with Gasteiger partial charge >= 0.3 is 5.97 Å². The molecular formula is C23H30N2O5. The van der Waals surface area contributed by atoms with E-state index in [4.69, 9.17) is 14.2 Å². The topological polar surface area (TPSA) is 89.1 Å². The van der Waals surface area contributed by atoms with Gasteiger partial charge in [0.25, 0.3) is 0 Å². The lowest BCUT2D eigenvalue weighted by Crippen LogP contribution is -2.48. The molecule has 0 unspecified atom stereocenters. The number of carboxylic acid groups (broad SMARTS) is 1. The highest BCUT2D eigenvalue weighted by molar-refractivity contribution is 5.73. The third-order valence-corrected chi connectivity index (χ3v) is 5.29. The number of benzene rings is 2. The quantitative estimate of drug-likeness (QED) is 0.692. The number of hydrogen-bond acceptors (Lipinski definition) is 6. The molecule has 2 aliphatic heterocycles. The second kappa shape index (κ2) is 10.1. The molecule has 4 atom stereocenters. The van der Waals surface area contributed by atoms with Gasteiger partial charge in [-0.3, -0.25) is 10.6 Å². The minimum absolute atomic E-state index is 0.241. The summed E-state index contributed by atoms with van der Waals surface area (Å²) in [6.07, 6.45) is -0.801. The van der Waals surface area contributed by atoms with E-state index >= 15 is 0 Å². The number of hydrogen-bond donors (Lipinski definition) is 3. The Labute approximate surface area is 177 Å². The normalized spacial score (nSPS) is 26.1. The maximum absolute atomic E-state index is 11.2. The second-order valence-corrected chi connectivity index (χ2v) is 7.42. The molecule has 2 aromatic rings. The summed E-state index contributed by atoms with van der Waals surface area (Å²) in [5, 5.41) is 15.5. The van der Waals surface area contributed by atoms with E-state index < -0.39 is 23.9 Å². The Balaban J connectivity index is 0.000000310. The zero-order valence-electron chi connectivity index (χ0n) is 17.6. The predicted molar refractivity (Wildman–Crippen MR) is 113 cm³/mol. The van der Waals surface area contributed by atoms with Crippen molar-refractivity contribution in [2.45, 2.75) is 44.1 Å². The minimum atomic E-state index is -0.980. The van der Waals surface area contributed by atoms with Crippen molar-refractivity contribution < 1.29 is 24.1 Å². The highest BCUT2D eigenvalue weighted by Gasteiger charge is 2.48. The molecule has 0 aliphatic carbocycles. The van der Waals surface area contributed by atoms with Crippen molar-refractivity contribution in [2.75, 3.05) is 20.2 Å². The Bertz CT molecular complexity index is 754. The first-order valence-corrected chi connectivity index (χ1v) is 10.1. The lowest BCUT2D eigenvalue weighted by atomic mass is 9.84. The molecule has 162 valence electrons. The van der Waals surface area contributed by atoms with Crippen LogP contribution in [0.2, 0.25) is 0 Å². The molecule has 7 nitrogen and oxygen atoms in total. The van der Waals surface area contributed by atoms with Crippen LogP contribution >= 0.6 is 0 Å². The van der Waals surface area contributed by atoms with E-state index in [0.717, 1.165) is 17.7 Å². The van der Waals surface area contributed by atoms with Gasteiger partial charge < -0.3 is 19.3 Å². The number of carbonyl (C=O) groups is 1. The van der Waals surface area contributed by atoms with Crippen LogP contribution in [0.15, 0.2) is 60.7 Å². The summed E-state index contributed by atoms with van der Waals surface area (Å²) in [6.45, 7) is 5.33. The van der Waals surface area contributed by atoms with E-state index in [1.54, 1.807) is 7.11 Å². The van der Waals surface area contributed by atoms with Crippen molar-refractivity contribution in [1.29, 1.82) is 0 Å². The molecule has 2 aliphatic rings. The summed E-state index contributed by atoms with van der Waals surface area (Å²) in [5.41, 5.74) is 0.877. The van der Waals surface area contributed by atoms with Gasteiger partial charge in [-0.25, -0.2) is 4.79 Å². The highest BCUT2D eigenvalue weighted by atomic mass is 16.6. The van der Waals surface area contributed by atoms with Crippen LogP contribution in [0.3, 0.4) is 0 Å². The zero-order chi connectivity index (χ0) is 21.6. The summed E-state index contributed by atoms with van der Waals surface area (Å²) in [7, 11) is 1.61. The van der Waals surface area contributed by atoms with Crippen LogP contribution in [0.1, 0.15) is 25.0 Å². The van der Waals surface area contributed by atoms with Crippen LogP contribution in [0.5, 0.6) is 0 Å². The van der Waals surface area contributed by atoms with Crippen LogP contribution in [0, 0.1) is 0 Å². The van der Waals surface area contributed by atoms with Crippen LogP contribution in [0.4, 0.5) is 0 Å². The van der Waals surface area contributed by atoms with E-state index in [0.29, 0.717) is 6.10 Å². The third kappa shape index (κ3) is 4.88. The molecular weight excluding hydrogens is 384 g/mol. The Hall–Kier alpha value is -2.29. The summed E-state index contributed by atoms with van der Waals surface area (Å²) < 4.78 is 16.9. The van der Waals surface area contributed by atoms with Gasteiger partial charge in [0.05, 0.1) is 6.10 Å². The molecule has 2 heterocycles. The van der Waals surface area contributed by atoms with Gasteiger partial charge in [-0.05, 0) is 25.0 Å². The van der Waals surface area contributed by atoms with Gasteiger partial charge in [0.1, 0.15) is 12.5 Å². The van der Waals surface area contributed by atoms with Crippen LogP contribution < -0.4 is 10.6 Å². The van der Waals surface area contributed by atoms with E-state index in [-0.39, 0.29) is 12.8 Å².